The lowest BCUT2D eigenvalue weighted by atomic mass is 10.2. The highest BCUT2D eigenvalue weighted by atomic mass is 35.5. The first-order chi connectivity index (χ1) is 14.5. The molecule has 152 valence electrons. The normalized spacial score (nSPS) is 15.2. The average Bonchev–Trinajstić information content (AvgIpc) is 2.72. The molecule has 0 spiro atoms. The van der Waals surface area contributed by atoms with Crippen molar-refractivity contribution < 1.29 is 9.59 Å². The van der Waals surface area contributed by atoms with Crippen LogP contribution in [0, 0.1) is 0 Å². The summed E-state index contributed by atoms with van der Waals surface area (Å²) in [6.07, 6.45) is 1.79. The highest BCUT2D eigenvalue weighted by Crippen LogP contribution is 2.38. The average molecular weight is 440 g/mol. The van der Waals surface area contributed by atoms with Gasteiger partial charge in [-0.1, -0.05) is 29.8 Å². The van der Waals surface area contributed by atoms with Gasteiger partial charge in [0.2, 0.25) is 11.8 Å². The third-order valence-corrected chi connectivity index (χ3v) is 6.13. The van der Waals surface area contributed by atoms with Crippen LogP contribution < -0.4 is 16.2 Å². The first kappa shape index (κ1) is 20.3. The van der Waals surface area contributed by atoms with Crippen LogP contribution in [0.15, 0.2) is 76.6 Å². The van der Waals surface area contributed by atoms with E-state index in [0.717, 1.165) is 10.5 Å². The molecule has 1 aromatic heterocycles. The fourth-order valence-electron chi connectivity index (χ4n) is 3.12. The van der Waals surface area contributed by atoms with Crippen molar-refractivity contribution in [3.05, 3.63) is 87.8 Å². The third kappa shape index (κ3) is 4.75. The molecule has 0 fully saturated rings. The molecule has 1 unspecified atom stereocenters. The standard InChI is InChI=1S/C22H18ClN3O3S/c23-15-6-9-18-17(11-15)25-22(29)19(30-18)12-20(27)24-16-7-4-14(5-8-16)13-26-10-2-1-3-21(26)28/h1-11,19H,12-13H2,(H,24,27)(H,25,29). The summed E-state index contributed by atoms with van der Waals surface area (Å²) < 4.78 is 1.61. The van der Waals surface area contributed by atoms with Crippen LogP contribution in [-0.2, 0) is 16.1 Å². The maximum atomic E-state index is 12.4. The van der Waals surface area contributed by atoms with Gasteiger partial charge in [0.1, 0.15) is 0 Å². The van der Waals surface area contributed by atoms with Crippen molar-refractivity contribution in [3.63, 3.8) is 0 Å². The molecule has 30 heavy (non-hydrogen) atoms. The quantitative estimate of drug-likeness (QED) is 0.629. The van der Waals surface area contributed by atoms with Crippen molar-refractivity contribution in [2.45, 2.75) is 23.1 Å². The van der Waals surface area contributed by atoms with E-state index in [4.69, 9.17) is 11.6 Å². The fourth-order valence-corrected chi connectivity index (χ4v) is 4.38. The van der Waals surface area contributed by atoms with Crippen LogP contribution in [0.25, 0.3) is 0 Å². The minimum absolute atomic E-state index is 0.0553. The number of hydrogen-bond acceptors (Lipinski definition) is 4. The third-order valence-electron chi connectivity index (χ3n) is 4.62. The van der Waals surface area contributed by atoms with Crippen LogP contribution in [0.5, 0.6) is 0 Å². The minimum atomic E-state index is -0.511. The number of benzene rings is 2. The number of aromatic nitrogens is 1. The summed E-state index contributed by atoms with van der Waals surface area (Å²) in [5.74, 6) is -0.458. The van der Waals surface area contributed by atoms with E-state index in [1.807, 2.05) is 24.3 Å². The number of thioether (sulfide) groups is 1. The number of amides is 2. The van der Waals surface area contributed by atoms with Gasteiger partial charge in [0.25, 0.3) is 5.56 Å². The maximum Gasteiger partial charge on any atom is 0.250 e. The number of hydrogen-bond donors (Lipinski definition) is 2. The van der Waals surface area contributed by atoms with Crippen molar-refractivity contribution in [2.24, 2.45) is 0 Å². The van der Waals surface area contributed by atoms with Gasteiger partial charge in [0.15, 0.2) is 0 Å². The molecule has 2 heterocycles. The van der Waals surface area contributed by atoms with Crippen LogP contribution in [0.1, 0.15) is 12.0 Å². The molecule has 1 atom stereocenters. The Kier molecular flexibility index (Phi) is 5.92. The lowest BCUT2D eigenvalue weighted by molar-refractivity contribution is -0.120. The molecule has 0 radical (unpaired) electrons. The van der Waals surface area contributed by atoms with E-state index >= 15 is 0 Å². The van der Waals surface area contributed by atoms with Crippen molar-refractivity contribution in [1.82, 2.24) is 4.57 Å². The molecule has 8 heteroatoms. The molecule has 2 aromatic carbocycles. The zero-order chi connectivity index (χ0) is 21.1. The van der Waals surface area contributed by atoms with E-state index < -0.39 is 5.25 Å². The molecule has 0 saturated carbocycles. The van der Waals surface area contributed by atoms with Crippen LogP contribution in [0.4, 0.5) is 11.4 Å². The van der Waals surface area contributed by atoms with Crippen molar-refractivity contribution >= 4 is 46.6 Å². The van der Waals surface area contributed by atoms with E-state index in [1.165, 1.54) is 17.8 Å². The Morgan fingerprint density at radius 3 is 2.67 bits per heavy atom. The lowest BCUT2D eigenvalue weighted by Crippen LogP contribution is -2.32. The van der Waals surface area contributed by atoms with Gasteiger partial charge < -0.3 is 15.2 Å². The van der Waals surface area contributed by atoms with Crippen LogP contribution in [0.2, 0.25) is 5.02 Å². The van der Waals surface area contributed by atoms with Gasteiger partial charge in [0.05, 0.1) is 17.5 Å². The predicted octanol–water partition coefficient (Wildman–Crippen LogP) is 3.99. The second-order valence-corrected chi connectivity index (χ2v) is 8.53. The van der Waals surface area contributed by atoms with Crippen molar-refractivity contribution in [1.29, 1.82) is 0 Å². The Labute approximate surface area is 182 Å². The maximum absolute atomic E-state index is 12.4. The molecule has 2 N–H and O–H groups in total. The Hall–Kier alpha value is -3.03. The first-order valence-electron chi connectivity index (χ1n) is 9.29. The Bertz CT molecular complexity index is 1160. The largest absolute Gasteiger partial charge is 0.326 e. The van der Waals surface area contributed by atoms with E-state index in [-0.39, 0.29) is 23.8 Å². The molecule has 0 bridgehead atoms. The van der Waals surface area contributed by atoms with E-state index in [2.05, 4.69) is 10.6 Å². The highest BCUT2D eigenvalue weighted by molar-refractivity contribution is 8.01. The highest BCUT2D eigenvalue weighted by Gasteiger charge is 2.29. The zero-order valence-electron chi connectivity index (χ0n) is 15.8. The summed E-state index contributed by atoms with van der Waals surface area (Å²) in [7, 11) is 0. The summed E-state index contributed by atoms with van der Waals surface area (Å²) in [6.45, 7) is 0.455. The number of nitrogens with zero attached hydrogens (tertiary/aromatic N) is 1. The molecule has 0 saturated heterocycles. The smallest absolute Gasteiger partial charge is 0.250 e. The van der Waals surface area contributed by atoms with Crippen molar-refractivity contribution in [3.8, 4) is 0 Å². The van der Waals surface area contributed by atoms with Gasteiger partial charge in [-0.15, -0.1) is 11.8 Å². The van der Waals surface area contributed by atoms with Gasteiger partial charge >= 0.3 is 0 Å². The minimum Gasteiger partial charge on any atom is -0.326 e. The molecule has 2 amide bonds. The van der Waals surface area contributed by atoms with Crippen LogP contribution in [0.3, 0.4) is 0 Å². The Morgan fingerprint density at radius 2 is 1.90 bits per heavy atom. The number of carbonyl (C=O) groups excluding carboxylic acids is 2. The van der Waals surface area contributed by atoms with Gasteiger partial charge in [-0.25, -0.2) is 0 Å². The number of nitrogens with one attached hydrogen (secondary N) is 2. The first-order valence-corrected chi connectivity index (χ1v) is 10.5. The van der Waals surface area contributed by atoms with Crippen LogP contribution >= 0.6 is 23.4 Å². The predicted molar refractivity (Wildman–Crippen MR) is 119 cm³/mol. The molecule has 6 nitrogen and oxygen atoms in total. The summed E-state index contributed by atoms with van der Waals surface area (Å²) in [5, 5.41) is 5.66. The Balaban J connectivity index is 1.36. The number of rotatable bonds is 5. The molecule has 0 aliphatic carbocycles. The van der Waals surface area contributed by atoms with E-state index in [9.17, 15) is 14.4 Å². The molecule has 1 aliphatic heterocycles. The number of halogens is 1. The monoisotopic (exact) mass is 439 g/mol. The SMILES string of the molecule is O=C(CC1Sc2ccc(Cl)cc2NC1=O)Nc1ccc(Cn2ccccc2=O)cc1. The lowest BCUT2D eigenvalue weighted by Gasteiger charge is -2.23. The summed E-state index contributed by atoms with van der Waals surface area (Å²) in [6, 6.07) is 17.6. The number of anilines is 2. The van der Waals surface area contributed by atoms with Crippen molar-refractivity contribution in [2.75, 3.05) is 10.6 Å². The molecular formula is C22H18ClN3O3S. The number of carbonyl (C=O) groups is 2. The molecular weight excluding hydrogens is 422 g/mol. The van der Waals surface area contributed by atoms with E-state index in [1.54, 1.807) is 41.1 Å². The zero-order valence-corrected chi connectivity index (χ0v) is 17.4. The fraction of sp³-hybridized carbons (Fsp3) is 0.136. The number of fused-ring (bicyclic) bond motifs is 1. The van der Waals surface area contributed by atoms with Gasteiger partial charge in [-0.05, 0) is 42.0 Å². The molecule has 1 aliphatic rings. The molecule has 3 aromatic rings. The summed E-state index contributed by atoms with van der Waals surface area (Å²) >= 11 is 7.31. The second-order valence-electron chi connectivity index (χ2n) is 6.85. The summed E-state index contributed by atoms with van der Waals surface area (Å²) in [5.41, 5.74) is 2.18. The Morgan fingerprint density at radius 1 is 1.10 bits per heavy atom. The van der Waals surface area contributed by atoms with Gasteiger partial charge in [-0.2, -0.15) is 0 Å². The van der Waals surface area contributed by atoms with Gasteiger partial charge in [-0.3, -0.25) is 14.4 Å². The summed E-state index contributed by atoms with van der Waals surface area (Å²) in [4.78, 5) is 37.5. The van der Waals surface area contributed by atoms with Crippen LogP contribution in [-0.4, -0.2) is 21.6 Å². The van der Waals surface area contributed by atoms with Gasteiger partial charge in [0, 0.05) is 34.3 Å². The topological polar surface area (TPSA) is 80.2 Å². The van der Waals surface area contributed by atoms with E-state index in [0.29, 0.717) is 22.9 Å². The second kappa shape index (κ2) is 8.77. The molecule has 4 rings (SSSR count). The number of pyridine rings is 1.